The first-order valence-corrected chi connectivity index (χ1v) is 12.0. The molecule has 2 aliphatic rings. The molecule has 5 rings (SSSR count). The minimum absolute atomic E-state index is 0.00172. The second-order valence-electron chi connectivity index (χ2n) is 9.14. The number of carbonyl (C=O) groups is 1. The molecule has 2 aliphatic heterocycles. The van der Waals surface area contributed by atoms with Crippen molar-refractivity contribution in [2.45, 2.75) is 13.0 Å². The van der Waals surface area contributed by atoms with Crippen LogP contribution >= 0.6 is 0 Å². The molecule has 190 valence electrons. The molecule has 0 radical (unpaired) electrons. The smallest absolute Gasteiger partial charge is 0.263 e. The number of ether oxygens (including phenoxy) is 2. The standard InChI is InChI=1S/C25H29FN6O4/c1-35-23-5-3-20-24(31-23)18(19(26)10-28-20)6-7-32-11-15(16(12-32)13-33)8-27-9-17-2-4-21-25(29-17)30-22(34)14-36-21/h2-5,10,15-16,27,33H,6-9,11-14H2,1H3,(H,29,30,34)/t15-,16-/m0/s1. The molecule has 0 aliphatic carbocycles. The zero-order valence-corrected chi connectivity index (χ0v) is 20.0. The van der Waals surface area contributed by atoms with Crippen LogP contribution in [0.5, 0.6) is 11.6 Å². The average Bonchev–Trinajstić information content (AvgIpc) is 3.29. The zero-order valence-electron chi connectivity index (χ0n) is 20.0. The van der Waals surface area contributed by atoms with E-state index in [9.17, 15) is 14.3 Å². The highest BCUT2D eigenvalue weighted by Gasteiger charge is 2.32. The summed E-state index contributed by atoms with van der Waals surface area (Å²) in [4.78, 5) is 26.8. The Morgan fingerprint density at radius 3 is 2.94 bits per heavy atom. The molecule has 1 amide bonds. The molecule has 11 heteroatoms. The largest absolute Gasteiger partial charge is 0.481 e. The minimum atomic E-state index is -0.376. The molecule has 10 nitrogen and oxygen atoms in total. The summed E-state index contributed by atoms with van der Waals surface area (Å²) >= 11 is 0. The van der Waals surface area contributed by atoms with Crippen LogP contribution in [-0.4, -0.2) is 77.4 Å². The molecule has 1 saturated heterocycles. The molecule has 0 aromatic carbocycles. The summed E-state index contributed by atoms with van der Waals surface area (Å²) in [6.45, 7) is 3.50. The molecule has 0 bridgehead atoms. The Kier molecular flexibility index (Phi) is 7.21. The van der Waals surface area contributed by atoms with Gasteiger partial charge in [0.05, 0.1) is 30.0 Å². The summed E-state index contributed by atoms with van der Waals surface area (Å²) in [6.07, 6.45) is 1.72. The first kappa shape index (κ1) is 24.3. The van der Waals surface area contributed by atoms with Crippen molar-refractivity contribution in [1.29, 1.82) is 0 Å². The van der Waals surface area contributed by atoms with Crippen molar-refractivity contribution in [3.05, 3.63) is 47.5 Å². The highest BCUT2D eigenvalue weighted by molar-refractivity contribution is 5.94. The second kappa shape index (κ2) is 10.7. The van der Waals surface area contributed by atoms with Crippen LogP contribution in [-0.2, 0) is 17.8 Å². The van der Waals surface area contributed by atoms with Gasteiger partial charge in [0.25, 0.3) is 5.91 Å². The van der Waals surface area contributed by atoms with Crippen molar-refractivity contribution >= 4 is 22.8 Å². The van der Waals surface area contributed by atoms with Crippen molar-refractivity contribution in [3.8, 4) is 11.6 Å². The van der Waals surface area contributed by atoms with E-state index in [0.29, 0.717) is 60.1 Å². The van der Waals surface area contributed by atoms with Gasteiger partial charge in [-0.2, -0.15) is 0 Å². The van der Waals surface area contributed by atoms with Crippen molar-refractivity contribution in [2.24, 2.45) is 11.8 Å². The number of likely N-dealkylation sites (tertiary alicyclic amines) is 1. The Bertz CT molecular complexity index is 1260. The van der Waals surface area contributed by atoms with Gasteiger partial charge >= 0.3 is 0 Å². The molecule has 3 aromatic rings. The molecule has 5 heterocycles. The Balaban J connectivity index is 1.17. The van der Waals surface area contributed by atoms with Crippen molar-refractivity contribution in [3.63, 3.8) is 0 Å². The normalized spacial score (nSPS) is 19.7. The van der Waals surface area contributed by atoms with E-state index in [2.05, 4.69) is 30.5 Å². The van der Waals surface area contributed by atoms with Crippen LogP contribution < -0.4 is 20.1 Å². The third kappa shape index (κ3) is 5.23. The van der Waals surface area contributed by atoms with Crippen molar-refractivity contribution in [2.75, 3.05) is 51.8 Å². The number of rotatable bonds is 9. The number of amides is 1. The predicted molar refractivity (Wildman–Crippen MR) is 130 cm³/mol. The number of aliphatic hydroxyl groups excluding tert-OH is 1. The van der Waals surface area contributed by atoms with Gasteiger partial charge in [0.2, 0.25) is 5.88 Å². The summed E-state index contributed by atoms with van der Waals surface area (Å²) in [6, 6.07) is 7.16. The number of fused-ring (bicyclic) bond motifs is 2. The number of nitrogens with zero attached hydrogens (tertiary/aromatic N) is 4. The molecule has 2 atom stereocenters. The van der Waals surface area contributed by atoms with E-state index in [4.69, 9.17) is 9.47 Å². The van der Waals surface area contributed by atoms with E-state index in [-0.39, 0.29) is 36.8 Å². The minimum Gasteiger partial charge on any atom is -0.481 e. The van der Waals surface area contributed by atoms with E-state index in [1.165, 1.54) is 13.3 Å². The number of aliphatic hydroxyl groups is 1. The van der Waals surface area contributed by atoms with Gasteiger partial charge in [-0.15, -0.1) is 0 Å². The third-order valence-corrected chi connectivity index (χ3v) is 6.76. The van der Waals surface area contributed by atoms with Crippen LogP contribution in [0.4, 0.5) is 10.2 Å². The Labute approximate surface area is 207 Å². The van der Waals surface area contributed by atoms with E-state index in [1.807, 2.05) is 6.07 Å². The van der Waals surface area contributed by atoms with Crippen LogP contribution in [0.1, 0.15) is 11.3 Å². The van der Waals surface area contributed by atoms with Gasteiger partial charge in [-0.3, -0.25) is 9.78 Å². The fourth-order valence-electron chi connectivity index (χ4n) is 4.84. The second-order valence-corrected chi connectivity index (χ2v) is 9.14. The fraction of sp³-hybridized carbons (Fsp3) is 0.440. The van der Waals surface area contributed by atoms with Gasteiger partial charge in [0, 0.05) is 44.4 Å². The molecule has 0 spiro atoms. The number of hydrogen-bond donors (Lipinski definition) is 3. The number of hydrogen-bond acceptors (Lipinski definition) is 9. The Hall–Kier alpha value is -3.41. The SMILES string of the molecule is COc1ccc2ncc(F)c(CCN3C[C@@H](CO)[C@@H](CNCc4ccc5c(n4)NC(=O)CO5)C3)c2n1. The summed E-state index contributed by atoms with van der Waals surface area (Å²) < 4.78 is 25.2. The monoisotopic (exact) mass is 496 g/mol. The maximum Gasteiger partial charge on any atom is 0.263 e. The first-order chi connectivity index (χ1) is 17.5. The van der Waals surface area contributed by atoms with Gasteiger partial charge in [-0.1, -0.05) is 0 Å². The molecule has 3 aromatic heterocycles. The summed E-state index contributed by atoms with van der Waals surface area (Å²) in [7, 11) is 1.53. The lowest BCUT2D eigenvalue weighted by molar-refractivity contribution is -0.118. The lowest BCUT2D eigenvalue weighted by Gasteiger charge is -2.19. The van der Waals surface area contributed by atoms with E-state index >= 15 is 0 Å². The van der Waals surface area contributed by atoms with Crippen molar-refractivity contribution < 1.29 is 23.8 Å². The van der Waals surface area contributed by atoms with Gasteiger partial charge in [-0.25, -0.2) is 14.4 Å². The highest BCUT2D eigenvalue weighted by atomic mass is 19.1. The van der Waals surface area contributed by atoms with Crippen LogP contribution in [0.3, 0.4) is 0 Å². The maximum atomic E-state index is 14.7. The quantitative estimate of drug-likeness (QED) is 0.403. The molecule has 0 unspecified atom stereocenters. The Morgan fingerprint density at radius 2 is 2.11 bits per heavy atom. The van der Waals surface area contributed by atoms with E-state index in [0.717, 1.165) is 18.8 Å². The number of methoxy groups -OCH3 is 1. The summed E-state index contributed by atoms with van der Waals surface area (Å²) in [5, 5.41) is 16.1. The van der Waals surface area contributed by atoms with Gasteiger partial charge in [0.15, 0.2) is 18.2 Å². The topological polar surface area (TPSA) is 122 Å². The summed E-state index contributed by atoms with van der Waals surface area (Å²) in [5.74, 6) is 1.20. The molecule has 36 heavy (non-hydrogen) atoms. The Morgan fingerprint density at radius 1 is 1.25 bits per heavy atom. The third-order valence-electron chi connectivity index (χ3n) is 6.76. The fourth-order valence-corrected chi connectivity index (χ4v) is 4.84. The van der Waals surface area contributed by atoms with Crippen LogP contribution in [0.15, 0.2) is 30.5 Å². The lowest BCUT2D eigenvalue weighted by atomic mass is 9.97. The molecular weight excluding hydrogens is 467 g/mol. The van der Waals surface area contributed by atoms with E-state index in [1.54, 1.807) is 18.2 Å². The number of anilines is 1. The number of halogens is 1. The molecule has 1 fully saturated rings. The average molecular weight is 497 g/mol. The van der Waals surface area contributed by atoms with Gasteiger partial charge in [0.1, 0.15) is 5.82 Å². The molecular formula is C25H29FN6O4. The zero-order chi connectivity index (χ0) is 25.1. The highest BCUT2D eigenvalue weighted by Crippen LogP contribution is 2.27. The number of carbonyl (C=O) groups excluding carboxylic acids is 1. The van der Waals surface area contributed by atoms with E-state index < -0.39 is 0 Å². The number of pyridine rings is 3. The molecule has 3 N–H and O–H groups in total. The number of nitrogens with one attached hydrogen (secondary N) is 2. The van der Waals surface area contributed by atoms with Crippen LogP contribution in [0, 0.1) is 17.7 Å². The van der Waals surface area contributed by atoms with Gasteiger partial charge in [-0.05, 0) is 43.0 Å². The van der Waals surface area contributed by atoms with Gasteiger partial charge < -0.3 is 30.1 Å². The first-order valence-electron chi connectivity index (χ1n) is 12.0. The van der Waals surface area contributed by atoms with Crippen LogP contribution in [0.2, 0.25) is 0 Å². The lowest BCUT2D eigenvalue weighted by Crippen LogP contribution is -2.30. The molecule has 0 saturated carbocycles. The summed E-state index contributed by atoms with van der Waals surface area (Å²) in [5.41, 5.74) is 2.46. The predicted octanol–water partition coefficient (Wildman–Crippen LogP) is 1.38. The van der Waals surface area contributed by atoms with Crippen LogP contribution in [0.25, 0.3) is 11.0 Å². The number of aromatic nitrogens is 3. The van der Waals surface area contributed by atoms with Crippen molar-refractivity contribution in [1.82, 2.24) is 25.2 Å². The maximum absolute atomic E-state index is 14.7.